The van der Waals surface area contributed by atoms with Crippen LogP contribution in [0.5, 0.6) is 0 Å². The predicted molar refractivity (Wildman–Crippen MR) is 269 cm³/mol. The molecule has 0 radical (unpaired) electrons. The smallest absolute Gasteiger partial charge is 0.335 e. The summed E-state index contributed by atoms with van der Waals surface area (Å²) in [4.78, 5) is 48.5. The van der Waals surface area contributed by atoms with E-state index in [0.29, 0.717) is 55.3 Å². The van der Waals surface area contributed by atoms with Crippen LogP contribution < -0.4 is 16.4 Å². The average molecular weight is 971 g/mol. The Hall–Kier alpha value is -4.84. The van der Waals surface area contributed by atoms with E-state index < -0.39 is 11.9 Å². The molecule has 2 unspecified atom stereocenters. The molecule has 70 heavy (non-hydrogen) atoms. The first kappa shape index (κ1) is 53.0. The van der Waals surface area contributed by atoms with Crippen LogP contribution in [0.25, 0.3) is 21.8 Å². The molecule has 4 aromatic rings. The van der Waals surface area contributed by atoms with Gasteiger partial charge in [-0.15, -0.1) is 0 Å². The van der Waals surface area contributed by atoms with Crippen LogP contribution in [0.3, 0.4) is 0 Å². The molecule has 2 aromatic heterocycles. The Balaban J connectivity index is 0.000000171. The van der Waals surface area contributed by atoms with Gasteiger partial charge in [0, 0.05) is 105 Å². The van der Waals surface area contributed by atoms with Gasteiger partial charge < -0.3 is 59.6 Å². The molecular weight excluding hydrogens is 893 g/mol. The first-order chi connectivity index (χ1) is 33.9. The minimum Gasteiger partial charge on any atom is -0.480 e. The third-order valence-corrected chi connectivity index (χ3v) is 15.5. The molecule has 0 spiro atoms. The van der Waals surface area contributed by atoms with Crippen molar-refractivity contribution in [2.45, 2.75) is 103 Å². The number of nitrogens with one attached hydrogen (secondary N) is 2. The summed E-state index contributed by atoms with van der Waals surface area (Å²) in [5.74, 6) is 1.04. The lowest BCUT2D eigenvalue weighted by atomic mass is 9.75. The second kappa shape index (κ2) is 25.5. The number of hydrogen-bond acceptors (Lipinski definition) is 10. The molecule has 4 atom stereocenters. The Morgan fingerprint density at radius 1 is 0.671 bits per heavy atom. The second-order valence-corrected chi connectivity index (χ2v) is 19.9. The largest absolute Gasteiger partial charge is 0.480 e. The van der Waals surface area contributed by atoms with Gasteiger partial charge in [-0.1, -0.05) is 6.92 Å². The predicted octanol–water partition coefficient (Wildman–Crippen LogP) is 5.90. The van der Waals surface area contributed by atoms with Gasteiger partial charge in [-0.25, -0.2) is 4.79 Å². The number of nitrogens with zero attached hydrogens (tertiary/aromatic N) is 3. The molecule has 6 aliphatic rings. The van der Waals surface area contributed by atoms with E-state index in [-0.39, 0.29) is 30.9 Å². The third kappa shape index (κ3) is 13.4. The fourth-order valence-corrected chi connectivity index (χ4v) is 11.4. The fourth-order valence-electron chi connectivity index (χ4n) is 11.4. The van der Waals surface area contributed by atoms with Crippen LogP contribution in [0.4, 0.5) is 0 Å². The first-order valence-electron chi connectivity index (χ1n) is 25.9. The maximum absolute atomic E-state index is 13.4. The quantitative estimate of drug-likeness (QED) is 0.119. The van der Waals surface area contributed by atoms with E-state index in [4.69, 9.17) is 29.8 Å². The van der Waals surface area contributed by atoms with Crippen molar-refractivity contribution in [3.05, 3.63) is 70.0 Å². The van der Waals surface area contributed by atoms with E-state index in [1.54, 1.807) is 11.0 Å². The van der Waals surface area contributed by atoms with Gasteiger partial charge in [0.25, 0.3) is 5.91 Å². The molecular formula is C54H78N6O10. The molecule has 4 aliphatic heterocycles. The number of aromatic nitrogens is 2. The molecule has 0 bridgehead atoms. The second-order valence-electron chi connectivity index (χ2n) is 19.9. The Kier molecular flexibility index (Phi) is 19.3. The van der Waals surface area contributed by atoms with Crippen LogP contribution in [-0.4, -0.2) is 139 Å². The molecule has 6 N–H and O–H groups in total. The Morgan fingerprint density at radius 3 is 1.61 bits per heavy atom. The van der Waals surface area contributed by atoms with Crippen molar-refractivity contribution in [3.8, 4) is 0 Å². The number of nitrogens with two attached hydrogens (primary N) is 1. The number of ether oxygens (including phenoxy) is 4. The molecule has 2 amide bonds. The zero-order chi connectivity index (χ0) is 49.7. The maximum Gasteiger partial charge on any atom is 0.335 e. The number of hydrogen-bond donors (Lipinski definition) is 5. The lowest BCUT2D eigenvalue weighted by Crippen LogP contribution is -2.44. The van der Waals surface area contributed by atoms with Gasteiger partial charge in [0.05, 0.1) is 37.9 Å². The van der Waals surface area contributed by atoms with Crippen LogP contribution >= 0.6 is 0 Å². The van der Waals surface area contributed by atoms with Crippen molar-refractivity contribution in [2.24, 2.45) is 43.5 Å². The molecule has 4 saturated heterocycles. The van der Waals surface area contributed by atoms with E-state index in [0.717, 1.165) is 114 Å². The van der Waals surface area contributed by atoms with Crippen LogP contribution in [0, 0.1) is 23.7 Å². The van der Waals surface area contributed by atoms with Crippen molar-refractivity contribution in [1.29, 1.82) is 0 Å². The van der Waals surface area contributed by atoms with E-state index in [1.807, 2.05) is 32.0 Å². The number of carbonyl (C=O) groups excluding carboxylic acids is 2. The van der Waals surface area contributed by atoms with E-state index in [1.165, 1.54) is 59.1 Å². The molecule has 6 heterocycles. The number of carboxylic acids is 2. The number of likely N-dealkylation sites (N-methyl/N-ethyl adjacent to an activating group) is 2. The molecule has 2 aliphatic carbocycles. The van der Waals surface area contributed by atoms with Gasteiger partial charge >= 0.3 is 11.9 Å². The zero-order valence-corrected chi connectivity index (χ0v) is 42.0. The first-order valence-corrected chi connectivity index (χ1v) is 25.9. The van der Waals surface area contributed by atoms with Crippen molar-refractivity contribution in [2.75, 3.05) is 79.0 Å². The number of carboxylic acid groups (broad SMARTS) is 2. The number of carbonyl (C=O) groups is 4. The molecule has 0 saturated carbocycles. The summed E-state index contributed by atoms with van der Waals surface area (Å²) in [5, 5.41) is 25.2. The van der Waals surface area contributed by atoms with E-state index in [9.17, 15) is 24.3 Å². The van der Waals surface area contributed by atoms with E-state index in [2.05, 4.69) is 46.0 Å². The van der Waals surface area contributed by atoms with Crippen LogP contribution in [0.15, 0.2) is 36.4 Å². The number of fused-ring (bicyclic) bond motifs is 6. The fraction of sp³-hybridized carbons (Fsp3) is 0.630. The molecule has 16 heteroatoms. The highest BCUT2D eigenvalue weighted by Gasteiger charge is 2.33. The highest BCUT2D eigenvalue weighted by molar-refractivity contribution is 6.01. The number of aliphatic carboxylic acids is 1. The zero-order valence-electron chi connectivity index (χ0n) is 42.0. The normalized spacial score (nSPS) is 22.4. The maximum atomic E-state index is 13.4. The topological polar surface area (TPSA) is 209 Å². The average Bonchev–Trinajstić information content (AvgIpc) is 4.20. The Labute approximate surface area is 412 Å². The number of aromatic carboxylic acids is 1. The summed E-state index contributed by atoms with van der Waals surface area (Å²) in [6.07, 6.45) is 13.4. The van der Waals surface area contributed by atoms with Gasteiger partial charge in [-0.3, -0.25) is 14.4 Å². The summed E-state index contributed by atoms with van der Waals surface area (Å²) in [6.45, 7) is 11.5. The van der Waals surface area contributed by atoms with Crippen LogP contribution in [-0.2, 0) is 68.3 Å². The summed E-state index contributed by atoms with van der Waals surface area (Å²) in [7, 11) is 4.25. The summed E-state index contributed by atoms with van der Waals surface area (Å²) >= 11 is 0. The van der Waals surface area contributed by atoms with Crippen LogP contribution in [0.2, 0.25) is 0 Å². The molecule has 2 aromatic carbocycles. The molecule has 10 rings (SSSR count). The minimum absolute atomic E-state index is 0.0529. The highest BCUT2D eigenvalue weighted by Crippen LogP contribution is 2.41. The number of benzene rings is 2. The van der Waals surface area contributed by atoms with Crippen molar-refractivity contribution >= 4 is 45.6 Å². The third-order valence-electron chi connectivity index (χ3n) is 15.5. The summed E-state index contributed by atoms with van der Waals surface area (Å²) in [6, 6.07) is 12.0. The van der Waals surface area contributed by atoms with Gasteiger partial charge in [-0.05, 0) is 162 Å². The Morgan fingerprint density at radius 2 is 1.19 bits per heavy atom. The Bertz CT molecular complexity index is 2390. The lowest BCUT2D eigenvalue weighted by molar-refractivity contribution is -0.136. The monoisotopic (exact) mass is 971 g/mol. The molecule has 16 nitrogen and oxygen atoms in total. The highest BCUT2D eigenvalue weighted by atomic mass is 16.5. The van der Waals surface area contributed by atoms with Crippen molar-refractivity contribution in [1.82, 2.24) is 24.7 Å². The van der Waals surface area contributed by atoms with Gasteiger partial charge in [0.15, 0.2) is 0 Å². The lowest BCUT2D eigenvalue weighted by Gasteiger charge is -2.33. The summed E-state index contributed by atoms with van der Waals surface area (Å²) < 4.78 is 25.9. The van der Waals surface area contributed by atoms with Crippen molar-refractivity contribution < 1.29 is 48.3 Å². The van der Waals surface area contributed by atoms with Gasteiger partial charge in [0.1, 0.15) is 0 Å². The van der Waals surface area contributed by atoms with E-state index >= 15 is 0 Å². The molecule has 384 valence electrons. The number of aryl methyl sites for hydroxylation is 2. The van der Waals surface area contributed by atoms with Gasteiger partial charge in [-0.2, -0.15) is 0 Å². The van der Waals surface area contributed by atoms with Crippen LogP contribution in [0.1, 0.15) is 108 Å². The van der Waals surface area contributed by atoms with Gasteiger partial charge in [0.2, 0.25) is 5.91 Å². The minimum atomic E-state index is -0.846. The number of amides is 2. The standard InChI is InChI=1S/C27H37N3O4.C19H23NO3.C4H9NO2.C4H9NO/c1-3-30(16-26(31)28-21-10-13-34-17-21)27(32)20-5-7-25-23(15-20)22-14-19(4-6-24(22)29(25)2)18-8-11-33-12-9-18;1-20-17-4-2-13(12-6-8-23-9-7-12)10-15(17)16-11-14(19(21)22)3-5-18(16)20;1-2-5-3-4(6)7;5-4-1-2-6-3-4/h5,7,15,18-19,21H,3-4,6,8-14,16-17H2,1-2H3,(H,28,31);3,5,11-13H,2,4,6-10H2,1H3,(H,21,22);5H,2-3H2,1H3,(H,6,7);4H,1-3,5H2/t19?,21-;;;4-/m1..1/s1. The summed E-state index contributed by atoms with van der Waals surface area (Å²) in [5.41, 5.74) is 14.4. The number of rotatable bonds is 11. The SMILES string of the molecule is CCN(CC(=O)N[C@@H]1CCOC1)C(=O)c1ccc2c(c1)c1c(n2C)CCC(C2CCOCC2)C1.CCNCC(=O)O.Cn1c2c(c3cc(C(=O)O)ccc31)CC(C1CCOCC1)CC2.N[C@@H]1CCOC1. The molecule has 4 fully saturated rings. The van der Waals surface area contributed by atoms with Crippen molar-refractivity contribution in [3.63, 3.8) is 0 Å².